The second kappa shape index (κ2) is 11.7. The summed E-state index contributed by atoms with van der Waals surface area (Å²) in [6.07, 6.45) is 5.26. The summed E-state index contributed by atoms with van der Waals surface area (Å²) in [7, 11) is 0. The molecule has 0 aromatic heterocycles. The van der Waals surface area contributed by atoms with Gasteiger partial charge in [-0.1, -0.05) is 76.8 Å². The van der Waals surface area contributed by atoms with Gasteiger partial charge in [0.05, 0.1) is 6.61 Å². The van der Waals surface area contributed by atoms with Crippen LogP contribution in [0.1, 0.15) is 71.3 Å². The molecule has 0 saturated carbocycles. The highest BCUT2D eigenvalue weighted by atomic mass is 16.6. The number of esters is 2. The zero-order valence-electron chi connectivity index (χ0n) is 15.9. The first-order valence-electron chi connectivity index (χ1n) is 9.49. The molecule has 140 valence electrons. The highest BCUT2D eigenvalue weighted by Gasteiger charge is 2.47. The predicted octanol–water partition coefficient (Wildman–Crippen LogP) is 5.05. The predicted molar refractivity (Wildman–Crippen MR) is 99.0 cm³/mol. The van der Waals surface area contributed by atoms with Crippen LogP contribution in [0.2, 0.25) is 0 Å². The van der Waals surface area contributed by atoms with Crippen molar-refractivity contribution >= 4 is 11.9 Å². The maximum absolute atomic E-state index is 12.9. The molecule has 0 N–H and O–H groups in total. The summed E-state index contributed by atoms with van der Waals surface area (Å²) in [6.45, 7) is 6.54. The minimum Gasteiger partial charge on any atom is -0.465 e. The van der Waals surface area contributed by atoms with Crippen LogP contribution in [-0.4, -0.2) is 18.5 Å². The molecule has 1 unspecified atom stereocenters. The van der Waals surface area contributed by atoms with Crippen molar-refractivity contribution in [3.05, 3.63) is 35.9 Å². The number of unbranched alkanes of at least 4 members (excludes halogenated alkanes) is 2. The number of ether oxygens (including phenoxy) is 2. The van der Waals surface area contributed by atoms with Crippen LogP contribution in [0.15, 0.2) is 30.3 Å². The normalized spacial score (nSPS) is 13.1. The van der Waals surface area contributed by atoms with E-state index in [1.807, 2.05) is 44.2 Å². The quantitative estimate of drug-likeness (QED) is 0.301. The molecule has 0 bridgehead atoms. The molecule has 0 heterocycles. The lowest BCUT2D eigenvalue weighted by molar-refractivity contribution is -0.175. The summed E-state index contributed by atoms with van der Waals surface area (Å²) in [4.78, 5) is 25.6. The molecule has 0 aliphatic heterocycles. The van der Waals surface area contributed by atoms with E-state index in [1.165, 1.54) is 0 Å². The van der Waals surface area contributed by atoms with Crippen molar-refractivity contribution < 1.29 is 19.1 Å². The van der Waals surface area contributed by atoms with Crippen LogP contribution < -0.4 is 0 Å². The van der Waals surface area contributed by atoms with Gasteiger partial charge in [-0.15, -0.1) is 0 Å². The molecule has 0 aliphatic carbocycles. The van der Waals surface area contributed by atoms with E-state index >= 15 is 0 Å². The molecule has 0 amide bonds. The smallest absolute Gasteiger partial charge is 0.323 e. The Balaban J connectivity index is 2.90. The van der Waals surface area contributed by atoms with E-state index in [-0.39, 0.29) is 6.61 Å². The summed E-state index contributed by atoms with van der Waals surface area (Å²) in [5, 5.41) is 0. The molecular weight excluding hydrogens is 316 g/mol. The van der Waals surface area contributed by atoms with Crippen LogP contribution in [0, 0.1) is 5.41 Å². The number of hydrogen-bond donors (Lipinski definition) is 0. The highest BCUT2D eigenvalue weighted by Crippen LogP contribution is 2.34. The van der Waals surface area contributed by atoms with Gasteiger partial charge in [-0.2, -0.15) is 0 Å². The summed E-state index contributed by atoms with van der Waals surface area (Å²) in [5.74, 6) is -0.874. The Morgan fingerprint density at radius 2 is 1.52 bits per heavy atom. The summed E-state index contributed by atoms with van der Waals surface area (Å²) in [5.41, 5.74) is -0.259. The van der Waals surface area contributed by atoms with Crippen LogP contribution in [0.25, 0.3) is 0 Å². The topological polar surface area (TPSA) is 52.6 Å². The molecule has 4 heteroatoms. The molecule has 0 fully saturated rings. The first kappa shape index (κ1) is 21.2. The number of carbonyl (C=O) groups excluding carboxylic acids is 2. The van der Waals surface area contributed by atoms with Gasteiger partial charge in [-0.05, 0) is 24.8 Å². The fourth-order valence-electron chi connectivity index (χ4n) is 2.91. The third-order valence-electron chi connectivity index (χ3n) is 4.32. The molecule has 0 radical (unpaired) electrons. The van der Waals surface area contributed by atoms with Gasteiger partial charge in [0.1, 0.15) is 6.61 Å². The van der Waals surface area contributed by atoms with E-state index in [9.17, 15) is 9.59 Å². The molecule has 1 aromatic carbocycles. The second-order valence-corrected chi connectivity index (χ2v) is 6.49. The Hall–Kier alpha value is -1.84. The molecule has 1 atom stereocenters. The number of rotatable bonds is 12. The van der Waals surface area contributed by atoms with E-state index in [0.717, 1.165) is 37.7 Å². The molecule has 0 spiro atoms. The second-order valence-electron chi connectivity index (χ2n) is 6.49. The van der Waals surface area contributed by atoms with Crippen LogP contribution in [0.4, 0.5) is 0 Å². The fourth-order valence-corrected chi connectivity index (χ4v) is 2.91. The Kier molecular flexibility index (Phi) is 9.90. The van der Waals surface area contributed by atoms with Gasteiger partial charge in [-0.25, -0.2) is 0 Å². The SMILES string of the molecule is CCCCCC(CCC)(C(=O)OCCC)C(=O)OCc1ccccc1. The lowest BCUT2D eigenvalue weighted by Crippen LogP contribution is -2.42. The van der Waals surface area contributed by atoms with E-state index in [4.69, 9.17) is 9.47 Å². The van der Waals surface area contributed by atoms with Gasteiger partial charge in [0, 0.05) is 0 Å². The monoisotopic (exact) mass is 348 g/mol. The summed E-state index contributed by atoms with van der Waals surface area (Å²) in [6, 6.07) is 9.53. The van der Waals surface area contributed by atoms with Crippen molar-refractivity contribution in [2.45, 2.75) is 72.3 Å². The minimum atomic E-state index is -1.17. The highest BCUT2D eigenvalue weighted by molar-refractivity contribution is 6.00. The van der Waals surface area contributed by atoms with Crippen LogP contribution in [0.5, 0.6) is 0 Å². The lowest BCUT2D eigenvalue weighted by Gasteiger charge is -2.29. The fraction of sp³-hybridized carbons (Fsp3) is 0.619. The molecule has 1 aromatic rings. The Morgan fingerprint density at radius 3 is 2.12 bits per heavy atom. The number of carbonyl (C=O) groups is 2. The minimum absolute atomic E-state index is 0.181. The summed E-state index contributed by atoms with van der Waals surface area (Å²) >= 11 is 0. The van der Waals surface area contributed by atoms with Crippen molar-refractivity contribution in [2.24, 2.45) is 5.41 Å². The largest absolute Gasteiger partial charge is 0.465 e. The van der Waals surface area contributed by atoms with Gasteiger partial charge in [0.25, 0.3) is 0 Å². The van der Waals surface area contributed by atoms with Crippen molar-refractivity contribution in [2.75, 3.05) is 6.61 Å². The van der Waals surface area contributed by atoms with Crippen LogP contribution >= 0.6 is 0 Å². The average Bonchev–Trinajstić information content (AvgIpc) is 2.64. The molecule has 4 nitrogen and oxygen atoms in total. The van der Waals surface area contributed by atoms with Crippen molar-refractivity contribution in [1.29, 1.82) is 0 Å². The first-order valence-corrected chi connectivity index (χ1v) is 9.49. The van der Waals surface area contributed by atoms with Gasteiger partial charge in [0.15, 0.2) is 5.41 Å². The molecular formula is C21H32O4. The Labute approximate surface area is 151 Å². The van der Waals surface area contributed by atoms with Gasteiger partial charge < -0.3 is 9.47 Å². The van der Waals surface area contributed by atoms with E-state index in [1.54, 1.807) is 0 Å². The molecule has 0 saturated heterocycles. The van der Waals surface area contributed by atoms with E-state index < -0.39 is 17.4 Å². The molecule has 1 rings (SSSR count). The maximum Gasteiger partial charge on any atom is 0.323 e. The van der Waals surface area contributed by atoms with Gasteiger partial charge in [0.2, 0.25) is 0 Å². The number of benzene rings is 1. The molecule has 0 aliphatic rings. The van der Waals surface area contributed by atoms with E-state index in [2.05, 4.69) is 6.92 Å². The lowest BCUT2D eigenvalue weighted by atomic mass is 9.78. The van der Waals surface area contributed by atoms with Crippen molar-refractivity contribution in [3.8, 4) is 0 Å². The Morgan fingerprint density at radius 1 is 0.840 bits per heavy atom. The Bertz CT molecular complexity index is 512. The first-order chi connectivity index (χ1) is 12.1. The zero-order valence-corrected chi connectivity index (χ0v) is 15.9. The molecule has 25 heavy (non-hydrogen) atoms. The van der Waals surface area contributed by atoms with Crippen molar-refractivity contribution in [1.82, 2.24) is 0 Å². The number of hydrogen-bond acceptors (Lipinski definition) is 4. The standard InChI is InChI=1S/C21H32O4/c1-4-7-11-15-21(14-5-2,19(22)24-16-6-3)20(23)25-17-18-12-9-8-10-13-18/h8-10,12-13H,4-7,11,14-17H2,1-3H3. The third-order valence-corrected chi connectivity index (χ3v) is 4.32. The van der Waals surface area contributed by atoms with Crippen LogP contribution in [0.3, 0.4) is 0 Å². The third kappa shape index (κ3) is 6.52. The zero-order chi connectivity index (χ0) is 18.5. The van der Waals surface area contributed by atoms with Crippen molar-refractivity contribution in [3.63, 3.8) is 0 Å². The average molecular weight is 348 g/mol. The van der Waals surface area contributed by atoms with Gasteiger partial charge >= 0.3 is 11.9 Å². The maximum atomic E-state index is 12.9. The van der Waals surface area contributed by atoms with Gasteiger partial charge in [-0.3, -0.25) is 9.59 Å². The van der Waals surface area contributed by atoms with E-state index in [0.29, 0.717) is 19.4 Å². The summed E-state index contributed by atoms with van der Waals surface area (Å²) < 4.78 is 10.9. The van der Waals surface area contributed by atoms with Crippen LogP contribution in [-0.2, 0) is 25.7 Å².